The molecule has 0 aromatic carbocycles. The van der Waals surface area contributed by atoms with Crippen LogP contribution in [0.2, 0.25) is 0 Å². The van der Waals surface area contributed by atoms with Crippen molar-refractivity contribution in [2.45, 2.75) is 141 Å². The summed E-state index contributed by atoms with van der Waals surface area (Å²) in [6.07, 6.45) is 4.59. The maximum absolute atomic E-state index is 14.0. The fraction of sp³-hybridized carbons (Fsp3) is 0.708. The minimum absolute atomic E-state index is 0.0373. The van der Waals surface area contributed by atoms with E-state index in [1.807, 2.05) is 40.7 Å². The van der Waals surface area contributed by atoms with Crippen LogP contribution in [-0.2, 0) is 47.5 Å². The number of nitrogens with two attached hydrogens (primary N) is 1. The molecule has 376 valence electrons. The van der Waals surface area contributed by atoms with Crippen molar-refractivity contribution in [3.8, 4) is 11.6 Å². The molecular formula is C48H75N5O14. The molecule has 4 heterocycles. The van der Waals surface area contributed by atoms with Crippen LogP contribution in [0.3, 0.4) is 0 Å². The molecule has 6 bridgehead atoms. The number of ether oxygens (including phenoxy) is 7. The minimum atomic E-state index is -1.10. The van der Waals surface area contributed by atoms with E-state index in [0.717, 1.165) is 6.41 Å². The van der Waals surface area contributed by atoms with Gasteiger partial charge in [0.05, 0.1) is 49.6 Å². The first-order valence-corrected chi connectivity index (χ1v) is 23.2. The van der Waals surface area contributed by atoms with E-state index in [1.165, 1.54) is 12.5 Å². The van der Waals surface area contributed by atoms with E-state index < -0.39 is 66.8 Å². The molecule has 2 amide bonds. The highest BCUT2D eigenvalue weighted by Crippen LogP contribution is 2.32. The van der Waals surface area contributed by atoms with Gasteiger partial charge in [0, 0.05) is 72.6 Å². The summed E-state index contributed by atoms with van der Waals surface area (Å²) in [5.74, 6) is -1.35. The van der Waals surface area contributed by atoms with Gasteiger partial charge < -0.3 is 57.7 Å². The summed E-state index contributed by atoms with van der Waals surface area (Å²) >= 11 is 0. The largest absolute Gasteiger partial charge is 0.462 e. The molecule has 4 N–H and O–H groups in total. The Morgan fingerprint density at radius 2 is 1.76 bits per heavy atom. The third kappa shape index (κ3) is 16.0. The SMILES string of the molecule is CO[C@H]([C@H](C)CCN(C)C=O)[C@@H](C)C(=O)CC[C@H](C)[C@H](C[C@@H]1OC(=O)C[C@@H](OC(N)=O)/C=C(/C)C[C@H](O)[C@H](C)[C@@H](OC)C2COC(N2)c2coc(n2)-c2coc(n2)/C=C/C[C@H](OC)[C@H]1C)OC. The highest BCUT2D eigenvalue weighted by atomic mass is 16.6. The number of hydrogen-bond donors (Lipinski definition) is 3. The molecule has 0 spiro atoms. The molecule has 0 aliphatic carbocycles. The van der Waals surface area contributed by atoms with Crippen LogP contribution in [0.1, 0.15) is 104 Å². The number of cyclic esters (lactones) is 1. The van der Waals surface area contributed by atoms with Crippen molar-refractivity contribution in [2.24, 2.45) is 35.3 Å². The van der Waals surface area contributed by atoms with Gasteiger partial charge in [-0.15, -0.1) is 0 Å². The number of oxazole rings is 2. The fourth-order valence-electron chi connectivity index (χ4n) is 9.12. The van der Waals surface area contributed by atoms with E-state index in [4.69, 9.17) is 47.7 Å². The van der Waals surface area contributed by atoms with Gasteiger partial charge in [-0.1, -0.05) is 46.3 Å². The molecule has 2 aromatic heterocycles. The summed E-state index contributed by atoms with van der Waals surface area (Å²) in [7, 11) is 8.05. The van der Waals surface area contributed by atoms with E-state index in [9.17, 15) is 24.3 Å². The van der Waals surface area contributed by atoms with Crippen LogP contribution in [0.4, 0.5) is 4.79 Å². The number of amides is 2. The van der Waals surface area contributed by atoms with Gasteiger partial charge in [0.1, 0.15) is 36.2 Å². The predicted molar refractivity (Wildman–Crippen MR) is 246 cm³/mol. The number of aromatic nitrogens is 2. The Morgan fingerprint density at radius 1 is 1.01 bits per heavy atom. The maximum atomic E-state index is 14.0. The number of nitrogens with one attached hydrogen (secondary N) is 1. The van der Waals surface area contributed by atoms with Gasteiger partial charge in [0.15, 0.2) is 11.9 Å². The summed E-state index contributed by atoms with van der Waals surface area (Å²) in [4.78, 5) is 61.5. The monoisotopic (exact) mass is 946 g/mol. The fourth-order valence-corrected chi connectivity index (χ4v) is 9.12. The Hall–Kier alpha value is -4.50. The van der Waals surface area contributed by atoms with Gasteiger partial charge in [-0.05, 0) is 56.6 Å². The van der Waals surface area contributed by atoms with Crippen molar-refractivity contribution in [1.82, 2.24) is 20.2 Å². The first-order valence-electron chi connectivity index (χ1n) is 23.2. The lowest BCUT2D eigenvalue weighted by Crippen LogP contribution is -2.46. The molecule has 0 saturated carbocycles. The number of aliphatic hydroxyl groups is 1. The molecule has 1 saturated heterocycles. The van der Waals surface area contributed by atoms with Gasteiger partial charge in [0.2, 0.25) is 18.2 Å². The van der Waals surface area contributed by atoms with Gasteiger partial charge in [-0.3, -0.25) is 19.7 Å². The number of ketones is 1. The topological polar surface area (TPSA) is 246 Å². The molecule has 14 atom stereocenters. The Labute approximate surface area is 394 Å². The number of fused-ring (bicyclic) bond motifs is 8. The Balaban J connectivity index is 1.60. The van der Waals surface area contributed by atoms with Crippen molar-refractivity contribution in [2.75, 3.05) is 48.6 Å². The number of methoxy groups -OCH3 is 4. The third-order valence-corrected chi connectivity index (χ3v) is 13.4. The Bertz CT molecular complexity index is 1920. The van der Waals surface area contributed by atoms with E-state index in [0.29, 0.717) is 48.7 Å². The van der Waals surface area contributed by atoms with E-state index in [1.54, 1.807) is 59.5 Å². The van der Waals surface area contributed by atoms with Crippen molar-refractivity contribution in [1.29, 1.82) is 0 Å². The molecule has 2 aromatic rings. The second-order valence-electron chi connectivity index (χ2n) is 18.3. The maximum Gasteiger partial charge on any atom is 0.405 e. The summed E-state index contributed by atoms with van der Waals surface area (Å²) in [6, 6.07) is -0.308. The quantitative estimate of drug-likeness (QED) is 0.0928. The molecule has 0 radical (unpaired) electrons. The van der Waals surface area contributed by atoms with Crippen molar-refractivity contribution < 1.29 is 66.3 Å². The van der Waals surface area contributed by atoms with Crippen LogP contribution in [0.25, 0.3) is 17.7 Å². The zero-order chi connectivity index (χ0) is 49.4. The van der Waals surface area contributed by atoms with Gasteiger partial charge in [-0.25, -0.2) is 14.8 Å². The van der Waals surface area contributed by atoms with Crippen LogP contribution in [0.5, 0.6) is 0 Å². The van der Waals surface area contributed by atoms with Gasteiger partial charge in [0.25, 0.3) is 0 Å². The zero-order valence-electron chi connectivity index (χ0n) is 41.1. The number of carbonyl (C=O) groups is 4. The van der Waals surface area contributed by atoms with Crippen LogP contribution in [0, 0.1) is 29.6 Å². The van der Waals surface area contributed by atoms with E-state index in [2.05, 4.69) is 15.3 Å². The number of nitrogens with zero attached hydrogens (tertiary/aromatic N) is 3. The van der Waals surface area contributed by atoms with Crippen molar-refractivity contribution in [3.05, 3.63) is 41.8 Å². The van der Waals surface area contributed by atoms with Gasteiger partial charge in [-0.2, -0.15) is 0 Å². The summed E-state index contributed by atoms with van der Waals surface area (Å²) in [5.41, 5.74) is 7.00. The van der Waals surface area contributed by atoms with Crippen LogP contribution < -0.4 is 11.1 Å². The Kier molecular flexibility index (Phi) is 22.1. The molecule has 2 unspecified atom stereocenters. The highest BCUT2D eigenvalue weighted by Gasteiger charge is 2.39. The second kappa shape index (κ2) is 26.9. The summed E-state index contributed by atoms with van der Waals surface area (Å²) in [6.45, 7) is 12.3. The highest BCUT2D eigenvalue weighted by molar-refractivity contribution is 5.81. The molecule has 4 rings (SSSR count). The lowest BCUT2D eigenvalue weighted by Gasteiger charge is -2.34. The first kappa shape index (κ1) is 55.1. The molecule has 2 aliphatic rings. The second-order valence-corrected chi connectivity index (χ2v) is 18.3. The third-order valence-electron chi connectivity index (χ3n) is 13.4. The van der Waals surface area contributed by atoms with Crippen LogP contribution in [0.15, 0.2) is 39.1 Å². The summed E-state index contributed by atoms with van der Waals surface area (Å²) < 4.78 is 52.9. The van der Waals surface area contributed by atoms with E-state index >= 15 is 0 Å². The predicted octanol–water partition coefficient (Wildman–Crippen LogP) is 5.65. The molecular weight excluding hydrogens is 871 g/mol. The number of carbonyl (C=O) groups excluding carboxylic acids is 4. The lowest BCUT2D eigenvalue weighted by molar-refractivity contribution is -0.159. The van der Waals surface area contributed by atoms with Gasteiger partial charge >= 0.3 is 12.1 Å². The number of Topliss-reactive ketones (excluding diaryl/α,β-unsaturated/α-hetero) is 1. The van der Waals surface area contributed by atoms with Crippen LogP contribution in [-0.4, -0.2) is 142 Å². The molecule has 67 heavy (non-hydrogen) atoms. The normalized spacial score (nSPS) is 29.1. The number of rotatable bonds is 18. The zero-order valence-corrected chi connectivity index (χ0v) is 41.1. The smallest absolute Gasteiger partial charge is 0.405 e. The molecule has 19 heteroatoms. The standard InChI is InChI=1S/C48H75N5O14/c1-27-19-33(66-48(49)58)21-43(57)67-41(22-40(60-9)28(2)15-16-37(55)30(4)44(61-10)29(3)17-18-53(7)26-54)32(6)39(59-8)13-12-14-42-50-35(24-63-42)46-52-36(25-65-46)47-51-34(23-64-47)45(62-11)31(5)38(56)20-27/h12,14,19,24-26,28-34,38-41,44-45,47,51,56H,13,15-18,20-23H2,1-11H3,(H2,49,58)/b14-12+,27-19-/t28-,29+,30-,31-,32+,33-,34?,38-,39-,40-,41-,44+,45+,47?/m0/s1. The molecule has 19 nitrogen and oxygen atoms in total. The first-order chi connectivity index (χ1) is 31.9. The van der Waals surface area contributed by atoms with Crippen LogP contribution >= 0.6 is 0 Å². The van der Waals surface area contributed by atoms with Crippen molar-refractivity contribution >= 4 is 30.3 Å². The number of aliphatic hydroxyl groups excluding tert-OH is 1. The number of esters is 1. The average Bonchev–Trinajstić information content (AvgIpc) is 4.09. The number of primary amides is 1. The Morgan fingerprint density at radius 3 is 2.42 bits per heavy atom. The summed E-state index contributed by atoms with van der Waals surface area (Å²) in [5, 5.41) is 14.8. The number of hydrogen-bond acceptors (Lipinski definition) is 17. The molecule has 1 fully saturated rings. The minimum Gasteiger partial charge on any atom is -0.462 e. The molecule has 2 aliphatic heterocycles. The van der Waals surface area contributed by atoms with E-state index in [-0.39, 0.29) is 73.9 Å². The van der Waals surface area contributed by atoms with Crippen molar-refractivity contribution in [3.63, 3.8) is 0 Å². The average molecular weight is 946 g/mol. The lowest BCUT2D eigenvalue weighted by atomic mass is 9.84.